The van der Waals surface area contributed by atoms with Gasteiger partial charge < -0.3 is 4.84 Å². The molecule has 0 N–H and O–H groups in total. The smallest absolute Gasteiger partial charge is 0.332 e. The van der Waals surface area contributed by atoms with E-state index in [9.17, 15) is 4.79 Å². The fourth-order valence-electron chi connectivity index (χ4n) is 2.88. The van der Waals surface area contributed by atoms with Crippen LogP contribution in [0.4, 0.5) is 0 Å². The molecule has 0 aromatic carbocycles. The zero-order valence-electron chi connectivity index (χ0n) is 16.1. The molecule has 1 heterocycles. The number of nitrogens with zero attached hydrogens (tertiary/aromatic N) is 1. The van der Waals surface area contributed by atoms with Crippen LogP contribution in [0.15, 0.2) is 36.7 Å². The van der Waals surface area contributed by atoms with Gasteiger partial charge in [-0.05, 0) is 44.2 Å². The number of allylic oxidation sites excluding steroid dienone is 2. The Labute approximate surface area is 154 Å². The van der Waals surface area contributed by atoms with E-state index >= 15 is 0 Å². The maximum Gasteiger partial charge on any atom is 0.332 e. The van der Waals surface area contributed by atoms with Gasteiger partial charge in [-0.2, -0.15) is 4.73 Å². The van der Waals surface area contributed by atoms with Crippen molar-refractivity contribution in [3.05, 3.63) is 36.7 Å². The van der Waals surface area contributed by atoms with E-state index in [1.165, 1.54) is 75.4 Å². The molecule has 142 valence electrons. The van der Waals surface area contributed by atoms with E-state index in [0.29, 0.717) is 6.42 Å². The fraction of sp³-hybridized carbons (Fsp3) is 0.682. The van der Waals surface area contributed by atoms with E-state index in [2.05, 4.69) is 19.1 Å². The third-order valence-electron chi connectivity index (χ3n) is 4.43. The lowest BCUT2D eigenvalue weighted by molar-refractivity contribution is -0.144. The van der Waals surface area contributed by atoms with Crippen molar-refractivity contribution in [2.24, 2.45) is 0 Å². The van der Waals surface area contributed by atoms with Gasteiger partial charge in [0.15, 0.2) is 0 Å². The zero-order chi connectivity index (χ0) is 18.0. The molecule has 1 rings (SSSR count). The highest BCUT2D eigenvalue weighted by Crippen LogP contribution is 2.10. The first-order valence-electron chi connectivity index (χ1n) is 10.3. The average Bonchev–Trinajstić information content (AvgIpc) is 3.11. The van der Waals surface area contributed by atoms with Gasteiger partial charge in [-0.3, -0.25) is 0 Å². The van der Waals surface area contributed by atoms with Gasteiger partial charge in [0.25, 0.3) is 0 Å². The standard InChI is InChI=1S/C22H37NO2/c1-2-3-4-5-6-7-8-9-10-11-12-13-14-15-16-19-22(24)25-23-20-17-18-21-23/h9-10,17-18,20-21H,2-8,11-16,19H2,1H3/b10-9-. The van der Waals surface area contributed by atoms with Crippen molar-refractivity contribution in [3.8, 4) is 0 Å². The number of carbonyl (C=O) groups is 1. The van der Waals surface area contributed by atoms with E-state index < -0.39 is 0 Å². The van der Waals surface area contributed by atoms with E-state index in [1.54, 1.807) is 12.4 Å². The third kappa shape index (κ3) is 13.5. The summed E-state index contributed by atoms with van der Waals surface area (Å²) in [6, 6.07) is 3.69. The Morgan fingerprint density at radius 3 is 1.92 bits per heavy atom. The molecule has 0 aliphatic rings. The molecule has 0 radical (unpaired) electrons. The van der Waals surface area contributed by atoms with Gasteiger partial charge in [-0.25, -0.2) is 4.79 Å². The third-order valence-corrected chi connectivity index (χ3v) is 4.43. The first kappa shape index (κ1) is 21.5. The summed E-state index contributed by atoms with van der Waals surface area (Å²) in [4.78, 5) is 16.7. The monoisotopic (exact) mass is 347 g/mol. The summed E-state index contributed by atoms with van der Waals surface area (Å²) in [6.45, 7) is 2.27. The Balaban J connectivity index is 1.79. The van der Waals surface area contributed by atoms with E-state index in [0.717, 1.165) is 12.8 Å². The second kappa shape index (κ2) is 16.0. The zero-order valence-corrected chi connectivity index (χ0v) is 16.1. The van der Waals surface area contributed by atoms with Crippen LogP contribution in [0.5, 0.6) is 0 Å². The molecule has 0 saturated heterocycles. The van der Waals surface area contributed by atoms with Crippen molar-refractivity contribution < 1.29 is 9.63 Å². The van der Waals surface area contributed by atoms with Gasteiger partial charge in [0.1, 0.15) is 0 Å². The molecular weight excluding hydrogens is 310 g/mol. The van der Waals surface area contributed by atoms with Crippen molar-refractivity contribution in [1.82, 2.24) is 4.73 Å². The molecule has 1 aromatic rings. The lowest BCUT2D eigenvalue weighted by Gasteiger charge is -2.04. The van der Waals surface area contributed by atoms with Gasteiger partial charge in [0.05, 0.1) is 0 Å². The van der Waals surface area contributed by atoms with Gasteiger partial charge in [0, 0.05) is 18.8 Å². The van der Waals surface area contributed by atoms with E-state index in [1.807, 2.05) is 12.1 Å². The number of carbonyl (C=O) groups excluding carboxylic acids is 1. The summed E-state index contributed by atoms with van der Waals surface area (Å²) in [5.74, 6) is -0.145. The summed E-state index contributed by atoms with van der Waals surface area (Å²) in [5, 5.41) is 0. The fourth-order valence-corrected chi connectivity index (χ4v) is 2.88. The maximum absolute atomic E-state index is 11.6. The SMILES string of the molecule is CCCCCCCC/C=C\CCCCCCCC(=O)On1cccc1. The van der Waals surface area contributed by atoms with Crippen LogP contribution in [0.1, 0.15) is 96.8 Å². The number of aromatic nitrogens is 1. The van der Waals surface area contributed by atoms with Gasteiger partial charge in [0.2, 0.25) is 0 Å². The Morgan fingerprint density at radius 1 is 0.800 bits per heavy atom. The first-order chi connectivity index (χ1) is 12.3. The van der Waals surface area contributed by atoms with Crippen LogP contribution in [0.25, 0.3) is 0 Å². The topological polar surface area (TPSA) is 31.2 Å². The number of hydrogen-bond acceptors (Lipinski definition) is 2. The lowest BCUT2D eigenvalue weighted by Crippen LogP contribution is -2.17. The molecule has 0 atom stereocenters. The summed E-state index contributed by atoms with van der Waals surface area (Å²) in [5.41, 5.74) is 0. The average molecular weight is 348 g/mol. The summed E-state index contributed by atoms with van der Waals surface area (Å²) >= 11 is 0. The minimum absolute atomic E-state index is 0.145. The van der Waals surface area contributed by atoms with Crippen molar-refractivity contribution in [1.29, 1.82) is 0 Å². The molecule has 0 bridgehead atoms. The summed E-state index contributed by atoms with van der Waals surface area (Å²) in [7, 11) is 0. The quantitative estimate of drug-likeness (QED) is 0.253. The van der Waals surface area contributed by atoms with Crippen molar-refractivity contribution in [2.45, 2.75) is 96.8 Å². The minimum atomic E-state index is -0.145. The predicted octanol–water partition coefficient (Wildman–Crippen LogP) is 6.48. The maximum atomic E-state index is 11.6. The van der Waals surface area contributed by atoms with E-state index in [-0.39, 0.29) is 5.97 Å². The summed E-state index contributed by atoms with van der Waals surface area (Å²) < 4.78 is 1.46. The lowest BCUT2D eigenvalue weighted by atomic mass is 10.1. The largest absolute Gasteiger partial charge is 0.337 e. The molecule has 25 heavy (non-hydrogen) atoms. The Hall–Kier alpha value is -1.51. The van der Waals surface area contributed by atoms with Gasteiger partial charge in [-0.15, -0.1) is 0 Å². The molecule has 3 heteroatoms. The van der Waals surface area contributed by atoms with Crippen LogP contribution in [0.2, 0.25) is 0 Å². The van der Waals surface area contributed by atoms with Crippen molar-refractivity contribution in [2.75, 3.05) is 0 Å². The highest BCUT2D eigenvalue weighted by atomic mass is 16.7. The van der Waals surface area contributed by atoms with Crippen molar-refractivity contribution in [3.63, 3.8) is 0 Å². The highest BCUT2D eigenvalue weighted by Gasteiger charge is 2.03. The van der Waals surface area contributed by atoms with Crippen LogP contribution in [-0.4, -0.2) is 10.7 Å². The molecule has 0 spiro atoms. The normalized spacial score (nSPS) is 11.2. The van der Waals surface area contributed by atoms with Crippen LogP contribution in [-0.2, 0) is 4.79 Å². The molecule has 0 unspecified atom stereocenters. The highest BCUT2D eigenvalue weighted by molar-refractivity contribution is 5.69. The molecule has 1 aromatic heterocycles. The van der Waals surface area contributed by atoms with Crippen LogP contribution in [0, 0.1) is 0 Å². The molecule has 0 aliphatic carbocycles. The molecule has 0 amide bonds. The Kier molecular flexibility index (Phi) is 13.8. The molecule has 0 aliphatic heterocycles. The minimum Gasteiger partial charge on any atom is -0.337 e. The number of hydrogen-bond donors (Lipinski definition) is 0. The predicted molar refractivity (Wildman–Crippen MR) is 105 cm³/mol. The molecule has 0 fully saturated rings. The Bertz CT molecular complexity index is 437. The molecular formula is C22H37NO2. The molecule has 0 saturated carbocycles. The number of unbranched alkanes of at least 4 members (excludes halogenated alkanes) is 11. The Morgan fingerprint density at radius 2 is 1.32 bits per heavy atom. The number of rotatable bonds is 16. The van der Waals surface area contributed by atoms with Crippen LogP contribution >= 0.6 is 0 Å². The van der Waals surface area contributed by atoms with E-state index in [4.69, 9.17) is 4.84 Å². The van der Waals surface area contributed by atoms with Gasteiger partial charge >= 0.3 is 5.97 Å². The molecule has 3 nitrogen and oxygen atoms in total. The van der Waals surface area contributed by atoms with Crippen LogP contribution in [0.3, 0.4) is 0 Å². The first-order valence-corrected chi connectivity index (χ1v) is 10.3. The van der Waals surface area contributed by atoms with Crippen molar-refractivity contribution >= 4 is 5.97 Å². The van der Waals surface area contributed by atoms with Gasteiger partial charge in [-0.1, -0.05) is 70.4 Å². The summed E-state index contributed by atoms with van der Waals surface area (Å²) in [6.07, 6.45) is 25.2. The van der Waals surface area contributed by atoms with Crippen LogP contribution < -0.4 is 4.84 Å². The second-order valence-electron chi connectivity index (χ2n) is 6.84. The second-order valence-corrected chi connectivity index (χ2v) is 6.84.